The van der Waals surface area contributed by atoms with Gasteiger partial charge in [-0.1, -0.05) is 6.07 Å². The lowest BCUT2D eigenvalue weighted by Gasteiger charge is -2.17. The maximum Gasteiger partial charge on any atom is 0.306 e. The predicted molar refractivity (Wildman–Crippen MR) is 80.1 cm³/mol. The van der Waals surface area contributed by atoms with Gasteiger partial charge in [0.15, 0.2) is 5.76 Å². The number of ether oxygens (including phenoxy) is 2. The highest BCUT2D eigenvalue weighted by molar-refractivity contribution is 5.71. The summed E-state index contributed by atoms with van der Waals surface area (Å²) < 4.78 is 15.2. The Hall–Kier alpha value is -2.67. The first-order chi connectivity index (χ1) is 11.1. The van der Waals surface area contributed by atoms with Crippen LogP contribution in [0.15, 0.2) is 39.8 Å². The van der Waals surface area contributed by atoms with E-state index in [4.69, 9.17) is 9.15 Å². The van der Waals surface area contributed by atoms with Crippen molar-refractivity contribution in [2.24, 2.45) is 0 Å². The highest BCUT2D eigenvalue weighted by Gasteiger charge is 2.26. The minimum Gasteiger partial charge on any atom is -0.502 e. The van der Waals surface area contributed by atoms with Gasteiger partial charge in [-0.05, 0) is 11.6 Å². The fourth-order valence-corrected chi connectivity index (χ4v) is 2.20. The van der Waals surface area contributed by atoms with E-state index in [9.17, 15) is 14.7 Å². The summed E-state index contributed by atoms with van der Waals surface area (Å²) in [7, 11) is 2.72. The van der Waals surface area contributed by atoms with Crippen molar-refractivity contribution in [1.29, 1.82) is 0 Å². The first-order valence-corrected chi connectivity index (χ1v) is 6.88. The number of rotatable bonds is 6. The first-order valence-electron chi connectivity index (χ1n) is 6.88. The van der Waals surface area contributed by atoms with Crippen LogP contribution in [-0.2, 0) is 20.9 Å². The lowest BCUT2D eigenvalue weighted by molar-refractivity contribution is -0.140. The molecule has 23 heavy (non-hydrogen) atoms. The van der Waals surface area contributed by atoms with E-state index in [1.807, 2.05) is 0 Å². The molecule has 0 amide bonds. The largest absolute Gasteiger partial charge is 0.502 e. The number of hydrogen-bond acceptors (Lipinski definition) is 7. The van der Waals surface area contributed by atoms with Crippen LogP contribution < -0.4 is 5.43 Å². The summed E-state index contributed by atoms with van der Waals surface area (Å²) in [5, 5.41) is 10.1. The Morgan fingerprint density at radius 3 is 2.83 bits per heavy atom. The molecule has 1 N–H and O–H groups in total. The zero-order valence-corrected chi connectivity index (χ0v) is 12.8. The molecule has 0 aliphatic rings. The van der Waals surface area contributed by atoms with Crippen LogP contribution in [0.3, 0.4) is 0 Å². The smallest absolute Gasteiger partial charge is 0.306 e. The van der Waals surface area contributed by atoms with Crippen LogP contribution in [0.4, 0.5) is 0 Å². The minimum absolute atomic E-state index is 0.0112. The quantitative estimate of drug-likeness (QED) is 0.807. The number of carbonyl (C=O) groups excluding carboxylic acids is 1. The summed E-state index contributed by atoms with van der Waals surface area (Å²) in [6, 6.07) is 4.57. The highest BCUT2D eigenvalue weighted by atomic mass is 16.5. The topological polar surface area (TPSA) is 98.9 Å². The Balaban J connectivity index is 2.54. The average Bonchev–Trinajstić information content (AvgIpc) is 2.57. The second-order valence-corrected chi connectivity index (χ2v) is 4.84. The molecule has 0 spiro atoms. The fourth-order valence-electron chi connectivity index (χ4n) is 2.20. The molecule has 0 radical (unpaired) electrons. The summed E-state index contributed by atoms with van der Waals surface area (Å²) in [5.74, 6) is -1.49. The van der Waals surface area contributed by atoms with Crippen molar-refractivity contribution in [3.63, 3.8) is 0 Å². The number of nitrogens with zero attached hydrogens (tertiary/aromatic N) is 1. The van der Waals surface area contributed by atoms with Gasteiger partial charge >= 0.3 is 5.97 Å². The minimum atomic E-state index is -0.694. The molecular weight excluding hydrogens is 302 g/mol. The summed E-state index contributed by atoms with van der Waals surface area (Å²) in [4.78, 5) is 27.6. The van der Waals surface area contributed by atoms with Crippen LogP contribution in [0.5, 0.6) is 5.75 Å². The van der Waals surface area contributed by atoms with Crippen molar-refractivity contribution in [2.45, 2.75) is 18.9 Å². The Bertz CT molecular complexity index is 725. The van der Waals surface area contributed by atoms with Gasteiger partial charge in [0.25, 0.3) is 0 Å². The van der Waals surface area contributed by atoms with Crippen molar-refractivity contribution in [3.05, 3.63) is 57.9 Å². The zero-order valence-electron chi connectivity index (χ0n) is 12.8. The van der Waals surface area contributed by atoms with Crippen LogP contribution in [0.1, 0.15) is 29.4 Å². The monoisotopic (exact) mass is 319 g/mol. The molecule has 0 bridgehead atoms. The number of aromatic hydroxyl groups is 1. The normalized spacial score (nSPS) is 11.9. The molecule has 7 nitrogen and oxygen atoms in total. The van der Waals surface area contributed by atoms with Crippen molar-refractivity contribution in [3.8, 4) is 5.75 Å². The molecule has 1 atom stereocenters. The van der Waals surface area contributed by atoms with Gasteiger partial charge < -0.3 is 19.0 Å². The van der Waals surface area contributed by atoms with E-state index in [2.05, 4.69) is 9.72 Å². The van der Waals surface area contributed by atoms with E-state index in [0.717, 1.165) is 6.07 Å². The molecule has 0 aliphatic heterocycles. The Kier molecular flexibility index (Phi) is 5.48. The van der Waals surface area contributed by atoms with Crippen molar-refractivity contribution in [2.75, 3.05) is 14.2 Å². The molecule has 0 unspecified atom stereocenters. The van der Waals surface area contributed by atoms with Crippen LogP contribution in [-0.4, -0.2) is 30.3 Å². The molecule has 7 heteroatoms. The van der Waals surface area contributed by atoms with E-state index < -0.39 is 23.1 Å². The molecule has 122 valence electrons. The molecule has 2 aromatic rings. The number of methoxy groups -OCH3 is 2. The molecule has 0 aliphatic carbocycles. The van der Waals surface area contributed by atoms with Crippen LogP contribution in [0.25, 0.3) is 0 Å². The van der Waals surface area contributed by atoms with Crippen molar-refractivity contribution < 1.29 is 23.8 Å². The van der Waals surface area contributed by atoms with E-state index in [1.165, 1.54) is 20.4 Å². The summed E-state index contributed by atoms with van der Waals surface area (Å²) in [5.41, 5.74) is 0.0166. The molecule has 0 fully saturated rings. The number of aromatic nitrogens is 1. The van der Waals surface area contributed by atoms with E-state index >= 15 is 0 Å². The van der Waals surface area contributed by atoms with Crippen LogP contribution >= 0.6 is 0 Å². The third-order valence-corrected chi connectivity index (χ3v) is 3.29. The number of pyridine rings is 1. The molecule has 2 aromatic heterocycles. The van der Waals surface area contributed by atoms with E-state index in [-0.39, 0.29) is 24.5 Å². The van der Waals surface area contributed by atoms with Crippen molar-refractivity contribution >= 4 is 5.97 Å². The number of hydrogen-bond donors (Lipinski definition) is 1. The van der Waals surface area contributed by atoms with Gasteiger partial charge in [0, 0.05) is 25.6 Å². The maximum atomic E-state index is 11.9. The SMILES string of the molecule is COCc1cc(=O)c(O)c([C@H](CC(=O)OC)c2cccnc2)o1. The zero-order chi connectivity index (χ0) is 16.8. The summed E-state index contributed by atoms with van der Waals surface area (Å²) in [6.45, 7) is 0.0699. The Labute approximate surface area is 132 Å². The second kappa shape index (κ2) is 7.55. The van der Waals surface area contributed by atoms with Gasteiger partial charge in [-0.2, -0.15) is 0 Å². The molecule has 0 saturated heterocycles. The van der Waals surface area contributed by atoms with Crippen molar-refractivity contribution in [1.82, 2.24) is 4.98 Å². The van der Waals surface area contributed by atoms with Gasteiger partial charge in [-0.25, -0.2) is 0 Å². The standard InChI is InChI=1S/C16H17NO6/c1-21-9-11-6-13(18)15(20)16(23-11)12(7-14(19)22-2)10-4-3-5-17-8-10/h3-6,8,12,20H,7,9H2,1-2H3/t12-/m1/s1. The van der Waals surface area contributed by atoms with Crippen LogP contribution in [0, 0.1) is 0 Å². The van der Waals surface area contributed by atoms with Gasteiger partial charge in [0.1, 0.15) is 12.4 Å². The first kappa shape index (κ1) is 16.7. The maximum absolute atomic E-state index is 11.9. The van der Waals surface area contributed by atoms with E-state index in [1.54, 1.807) is 18.3 Å². The number of esters is 1. The average molecular weight is 319 g/mol. The molecule has 2 rings (SSSR count). The van der Waals surface area contributed by atoms with Gasteiger partial charge in [-0.15, -0.1) is 0 Å². The third kappa shape index (κ3) is 3.95. The molecule has 0 aromatic carbocycles. The Morgan fingerprint density at radius 1 is 1.43 bits per heavy atom. The second-order valence-electron chi connectivity index (χ2n) is 4.84. The predicted octanol–water partition coefficient (Wildman–Crippen LogP) is 1.58. The van der Waals surface area contributed by atoms with E-state index in [0.29, 0.717) is 5.56 Å². The fraction of sp³-hybridized carbons (Fsp3) is 0.312. The molecule has 2 heterocycles. The molecular formula is C16H17NO6. The lowest BCUT2D eigenvalue weighted by Crippen LogP contribution is -2.14. The summed E-state index contributed by atoms with van der Waals surface area (Å²) in [6.07, 6.45) is 3.02. The van der Waals surface area contributed by atoms with Crippen LogP contribution in [0.2, 0.25) is 0 Å². The molecule has 0 saturated carbocycles. The summed E-state index contributed by atoms with van der Waals surface area (Å²) >= 11 is 0. The lowest BCUT2D eigenvalue weighted by atomic mass is 9.93. The van der Waals surface area contributed by atoms with Gasteiger partial charge in [0.05, 0.1) is 19.4 Å². The third-order valence-electron chi connectivity index (χ3n) is 3.29. The van der Waals surface area contributed by atoms with Gasteiger partial charge in [-0.3, -0.25) is 14.6 Å². The Morgan fingerprint density at radius 2 is 2.22 bits per heavy atom. The van der Waals surface area contributed by atoms with Gasteiger partial charge in [0.2, 0.25) is 11.2 Å². The number of carbonyl (C=O) groups is 1. The highest BCUT2D eigenvalue weighted by Crippen LogP contribution is 2.32.